The largest absolute Gasteiger partial charge is 0.573 e. The van der Waals surface area contributed by atoms with Crippen molar-refractivity contribution in [3.8, 4) is 5.75 Å². The zero-order chi connectivity index (χ0) is 28.5. The van der Waals surface area contributed by atoms with Crippen LogP contribution in [0.25, 0.3) is 0 Å². The summed E-state index contributed by atoms with van der Waals surface area (Å²) in [4.78, 5) is 26.3. The summed E-state index contributed by atoms with van der Waals surface area (Å²) >= 11 is 0. The number of carbonyl (C=O) groups is 2. The highest BCUT2D eigenvalue weighted by Gasteiger charge is 2.40. The summed E-state index contributed by atoms with van der Waals surface area (Å²) in [6.07, 6.45) is -5.27. The molecule has 7 nitrogen and oxygen atoms in total. The molecule has 1 heterocycles. The quantitative estimate of drug-likeness (QED) is 0.468. The Kier molecular flexibility index (Phi) is 11.0. The number of hydrogen-bond acceptors (Lipinski definition) is 5. The number of halogens is 3. The second-order valence-electron chi connectivity index (χ2n) is 10.4. The second kappa shape index (κ2) is 13.5. The Labute approximate surface area is 222 Å². The van der Waals surface area contributed by atoms with Gasteiger partial charge in [0.1, 0.15) is 11.4 Å². The molecule has 1 saturated heterocycles. The summed E-state index contributed by atoms with van der Waals surface area (Å²) in [5.41, 5.74) is 1.23. The maximum atomic E-state index is 13.0. The summed E-state index contributed by atoms with van der Waals surface area (Å²) in [6.45, 7) is 11.6. The lowest BCUT2D eigenvalue weighted by atomic mass is 10.1. The molecule has 2 unspecified atom stereocenters. The van der Waals surface area contributed by atoms with Crippen molar-refractivity contribution < 1.29 is 32.2 Å². The van der Waals surface area contributed by atoms with Gasteiger partial charge < -0.3 is 19.7 Å². The van der Waals surface area contributed by atoms with Gasteiger partial charge in [0.15, 0.2) is 0 Å². The Morgan fingerprint density at radius 2 is 1.74 bits per heavy atom. The maximum absolute atomic E-state index is 13.0. The Balaban J connectivity index is 0.000000624. The van der Waals surface area contributed by atoms with Gasteiger partial charge in [-0.2, -0.15) is 0 Å². The average Bonchev–Trinajstić information content (AvgIpc) is 3.08. The minimum atomic E-state index is -4.78. The lowest BCUT2D eigenvalue weighted by molar-refractivity contribution is -0.274. The molecule has 0 bridgehead atoms. The highest BCUT2D eigenvalue weighted by molar-refractivity contribution is 5.84. The lowest BCUT2D eigenvalue weighted by Gasteiger charge is -2.27. The minimum absolute atomic E-state index is 0.0716. The van der Waals surface area contributed by atoms with Gasteiger partial charge in [0, 0.05) is 13.1 Å². The average molecular weight is 538 g/mol. The molecule has 0 spiro atoms. The van der Waals surface area contributed by atoms with Crippen LogP contribution >= 0.6 is 0 Å². The predicted molar refractivity (Wildman–Crippen MR) is 139 cm³/mol. The number of nitrogens with one attached hydrogen (secondary N) is 2. The van der Waals surface area contributed by atoms with Crippen molar-refractivity contribution in [1.82, 2.24) is 15.5 Å². The second-order valence-corrected chi connectivity index (χ2v) is 10.4. The highest BCUT2D eigenvalue weighted by atomic mass is 19.4. The number of rotatable bonds is 7. The van der Waals surface area contributed by atoms with Crippen LogP contribution < -0.4 is 15.4 Å². The van der Waals surface area contributed by atoms with Crippen molar-refractivity contribution in [1.29, 1.82) is 0 Å². The molecule has 10 heteroatoms. The topological polar surface area (TPSA) is 79.9 Å². The molecule has 0 aromatic heterocycles. The van der Waals surface area contributed by atoms with Crippen molar-refractivity contribution >= 4 is 12.0 Å². The van der Waals surface area contributed by atoms with E-state index in [1.54, 1.807) is 31.7 Å². The molecule has 0 saturated carbocycles. The van der Waals surface area contributed by atoms with E-state index in [4.69, 9.17) is 4.74 Å². The third kappa shape index (κ3) is 11.0. The van der Waals surface area contributed by atoms with Crippen LogP contribution in [0.4, 0.5) is 18.0 Å². The van der Waals surface area contributed by atoms with Crippen molar-refractivity contribution in [3.63, 3.8) is 0 Å². The van der Waals surface area contributed by atoms with Crippen molar-refractivity contribution in [2.75, 3.05) is 6.54 Å². The summed E-state index contributed by atoms with van der Waals surface area (Å²) in [6, 6.07) is 15.3. The number of amides is 2. The van der Waals surface area contributed by atoms with Gasteiger partial charge in [0.05, 0.1) is 12.2 Å². The zero-order valence-corrected chi connectivity index (χ0v) is 22.8. The molecule has 2 N–H and O–H groups in total. The molecule has 38 heavy (non-hydrogen) atoms. The summed E-state index contributed by atoms with van der Waals surface area (Å²) in [5.74, 6) is -0.432. The normalized spacial score (nSPS) is 17.6. The van der Waals surface area contributed by atoms with Gasteiger partial charge in [-0.1, -0.05) is 61.9 Å². The van der Waals surface area contributed by atoms with Gasteiger partial charge in [0.2, 0.25) is 5.91 Å². The first kappa shape index (κ1) is 31.0. The molecule has 0 radical (unpaired) electrons. The molecule has 2 aromatic carbocycles. The summed E-state index contributed by atoms with van der Waals surface area (Å²) < 4.78 is 46.6. The van der Waals surface area contributed by atoms with Crippen LogP contribution in [0.1, 0.15) is 52.2 Å². The van der Waals surface area contributed by atoms with Crippen LogP contribution in [0.15, 0.2) is 54.6 Å². The van der Waals surface area contributed by atoms with Gasteiger partial charge in [-0.25, -0.2) is 4.79 Å². The molecule has 0 aliphatic carbocycles. The fourth-order valence-electron chi connectivity index (χ4n) is 3.84. The SMILES string of the molecule is CC(C)C1NC(CCNC(=O)OC(C)(C)C)C(=O)N1Cc1cccc(OC(F)(F)F)c1.Cc1ccccc1. The fourth-order valence-corrected chi connectivity index (χ4v) is 3.84. The zero-order valence-electron chi connectivity index (χ0n) is 22.8. The first-order valence-corrected chi connectivity index (χ1v) is 12.5. The van der Waals surface area contributed by atoms with Crippen LogP contribution in [-0.2, 0) is 16.1 Å². The van der Waals surface area contributed by atoms with E-state index in [2.05, 4.69) is 34.4 Å². The molecule has 1 aliphatic rings. The molecule has 210 valence electrons. The smallest absolute Gasteiger partial charge is 0.444 e. The van der Waals surface area contributed by atoms with Gasteiger partial charge in [-0.15, -0.1) is 13.2 Å². The van der Waals surface area contributed by atoms with Crippen LogP contribution in [-0.4, -0.2) is 47.6 Å². The van der Waals surface area contributed by atoms with Crippen LogP contribution in [0.5, 0.6) is 5.75 Å². The van der Waals surface area contributed by atoms with Crippen LogP contribution in [0.3, 0.4) is 0 Å². The molecule has 2 aromatic rings. The monoisotopic (exact) mass is 537 g/mol. The number of carbonyl (C=O) groups excluding carboxylic acids is 2. The van der Waals surface area contributed by atoms with E-state index in [0.717, 1.165) is 0 Å². The number of nitrogens with zero attached hydrogens (tertiary/aromatic N) is 1. The van der Waals surface area contributed by atoms with Gasteiger partial charge in [-0.3, -0.25) is 10.1 Å². The number of hydrogen-bond donors (Lipinski definition) is 2. The number of alkyl halides is 3. The number of ether oxygens (including phenoxy) is 2. The number of aryl methyl sites for hydroxylation is 1. The Morgan fingerprint density at radius 1 is 1.08 bits per heavy atom. The molecule has 2 amide bonds. The fraction of sp³-hybridized carbons (Fsp3) is 0.500. The van der Waals surface area contributed by atoms with E-state index >= 15 is 0 Å². The van der Waals surface area contributed by atoms with E-state index in [1.165, 1.54) is 23.8 Å². The van der Waals surface area contributed by atoms with Crippen LogP contribution in [0, 0.1) is 12.8 Å². The van der Waals surface area contributed by atoms with Gasteiger partial charge in [0.25, 0.3) is 0 Å². The summed E-state index contributed by atoms with van der Waals surface area (Å²) in [7, 11) is 0. The molecule has 2 atom stereocenters. The number of benzene rings is 2. The maximum Gasteiger partial charge on any atom is 0.573 e. The van der Waals surface area contributed by atoms with E-state index in [9.17, 15) is 22.8 Å². The van der Waals surface area contributed by atoms with Gasteiger partial charge in [-0.05, 0) is 57.7 Å². The van der Waals surface area contributed by atoms with E-state index in [1.807, 2.05) is 32.0 Å². The first-order valence-electron chi connectivity index (χ1n) is 12.5. The van der Waals surface area contributed by atoms with Crippen molar-refractivity contribution in [2.45, 2.75) is 78.7 Å². The van der Waals surface area contributed by atoms with Crippen molar-refractivity contribution in [3.05, 3.63) is 65.7 Å². The summed E-state index contributed by atoms with van der Waals surface area (Å²) in [5, 5.41) is 5.89. The number of alkyl carbamates (subject to hydrolysis) is 1. The Bertz CT molecular complexity index is 1040. The van der Waals surface area contributed by atoms with E-state index in [-0.39, 0.29) is 36.8 Å². The highest BCUT2D eigenvalue weighted by Crippen LogP contribution is 2.26. The Morgan fingerprint density at radius 3 is 2.26 bits per heavy atom. The first-order chi connectivity index (χ1) is 17.6. The lowest BCUT2D eigenvalue weighted by Crippen LogP contribution is -2.41. The molecule has 1 fully saturated rings. The van der Waals surface area contributed by atoms with Crippen molar-refractivity contribution in [2.24, 2.45) is 5.92 Å². The molecule has 3 rings (SSSR count). The van der Waals surface area contributed by atoms with Gasteiger partial charge >= 0.3 is 12.5 Å². The van der Waals surface area contributed by atoms with E-state index < -0.39 is 24.1 Å². The standard InChI is InChI=1S/C21H30F3N3O4.C7H8/c1-13(2)17-26-16(9-10-25-19(29)31-20(3,4)5)18(28)27(17)12-14-7-6-8-15(11-14)30-21(22,23)24;1-7-5-3-2-4-6-7/h6-8,11,13,16-17,26H,9-10,12H2,1-5H3,(H,25,29);2-6H,1H3. The molecule has 1 aliphatic heterocycles. The minimum Gasteiger partial charge on any atom is -0.444 e. The predicted octanol–water partition coefficient (Wildman–Crippen LogP) is 5.78. The van der Waals surface area contributed by atoms with Crippen LogP contribution in [0.2, 0.25) is 0 Å². The molecular weight excluding hydrogens is 499 g/mol. The third-order valence-electron chi connectivity index (χ3n) is 5.45. The third-order valence-corrected chi connectivity index (χ3v) is 5.45. The van der Waals surface area contributed by atoms with E-state index in [0.29, 0.717) is 12.0 Å². The Hall–Kier alpha value is -3.27. The molecular formula is C28H38F3N3O4.